The molecule has 0 saturated heterocycles. The van der Waals surface area contributed by atoms with Gasteiger partial charge in [-0.25, -0.2) is 4.79 Å². The van der Waals surface area contributed by atoms with Crippen molar-refractivity contribution >= 4 is 17.6 Å². The summed E-state index contributed by atoms with van der Waals surface area (Å²) in [7, 11) is 1.43. The minimum Gasteiger partial charge on any atom is -0.489 e. The third-order valence-electron chi connectivity index (χ3n) is 3.29. The van der Waals surface area contributed by atoms with E-state index in [4.69, 9.17) is 18.7 Å². The summed E-state index contributed by atoms with van der Waals surface area (Å²) in [5.74, 6) is -1.99. The number of ether oxygens (including phenoxy) is 3. The van der Waals surface area contributed by atoms with Crippen molar-refractivity contribution in [3.63, 3.8) is 0 Å². The van der Waals surface area contributed by atoms with Gasteiger partial charge in [0, 0.05) is 13.2 Å². The molecule has 11 heteroatoms. The minimum absolute atomic E-state index is 0.00980. The highest BCUT2D eigenvalue weighted by atomic mass is 19.4. The van der Waals surface area contributed by atoms with Crippen LogP contribution in [0.2, 0.25) is 0 Å². The quantitative estimate of drug-likeness (QED) is 0.535. The third kappa shape index (κ3) is 5.98. The van der Waals surface area contributed by atoms with E-state index < -0.39 is 30.2 Å². The van der Waals surface area contributed by atoms with Gasteiger partial charge in [-0.15, -0.1) is 0 Å². The number of aromatic nitrogens is 1. The molecule has 2 aromatic rings. The predicted molar refractivity (Wildman–Crippen MR) is 89.0 cm³/mol. The van der Waals surface area contributed by atoms with Crippen LogP contribution in [0.3, 0.4) is 0 Å². The number of nitrogens with one attached hydrogen (secondary N) is 1. The Morgan fingerprint density at radius 2 is 1.96 bits per heavy atom. The number of methoxy groups -OCH3 is 1. The summed E-state index contributed by atoms with van der Waals surface area (Å²) in [6, 6.07) is 3.94. The van der Waals surface area contributed by atoms with Gasteiger partial charge in [-0.2, -0.15) is 13.2 Å². The highest BCUT2D eigenvalue weighted by Gasteiger charge is 2.31. The van der Waals surface area contributed by atoms with Crippen LogP contribution in [0.1, 0.15) is 21.8 Å². The summed E-state index contributed by atoms with van der Waals surface area (Å²) in [5.41, 5.74) is -0.753. The molecule has 1 aromatic heterocycles. The van der Waals surface area contributed by atoms with E-state index >= 15 is 0 Å². The average molecular weight is 402 g/mol. The van der Waals surface area contributed by atoms with Gasteiger partial charge in [0.05, 0.1) is 23.6 Å². The van der Waals surface area contributed by atoms with E-state index in [1.54, 1.807) is 6.92 Å². The van der Waals surface area contributed by atoms with E-state index in [0.717, 1.165) is 18.2 Å². The number of aryl methyl sites for hydroxylation is 1. The number of amides is 1. The Kier molecular flexibility index (Phi) is 6.99. The Hall–Kier alpha value is -3.08. The maximum Gasteiger partial charge on any atom is 0.416 e. The Bertz CT molecular complexity index is 835. The highest BCUT2D eigenvalue weighted by molar-refractivity contribution is 5.95. The van der Waals surface area contributed by atoms with Gasteiger partial charge in [-0.05, 0) is 25.1 Å². The Labute approximate surface area is 157 Å². The van der Waals surface area contributed by atoms with E-state index in [1.165, 1.54) is 13.2 Å². The monoisotopic (exact) mass is 402 g/mol. The zero-order valence-electron chi connectivity index (χ0n) is 15.0. The number of anilines is 1. The number of nitrogens with zero attached hydrogens (tertiary/aromatic N) is 1. The van der Waals surface area contributed by atoms with Crippen LogP contribution in [0.5, 0.6) is 5.75 Å². The number of hydrogen-bond acceptors (Lipinski definition) is 7. The van der Waals surface area contributed by atoms with Crippen LogP contribution in [0.15, 0.2) is 28.8 Å². The number of carbonyl (C=O) groups is 2. The lowest BCUT2D eigenvalue weighted by Gasteiger charge is -2.15. The second-order valence-corrected chi connectivity index (χ2v) is 5.51. The smallest absolute Gasteiger partial charge is 0.416 e. The lowest BCUT2D eigenvalue weighted by Crippen LogP contribution is -2.21. The molecule has 1 aromatic carbocycles. The number of esters is 1. The first-order valence-electron chi connectivity index (χ1n) is 7.94. The van der Waals surface area contributed by atoms with Crippen molar-refractivity contribution in [1.29, 1.82) is 0 Å². The Balaban J connectivity index is 2.06. The fourth-order valence-electron chi connectivity index (χ4n) is 2.01. The minimum atomic E-state index is -4.61. The molecule has 8 nitrogen and oxygen atoms in total. The first-order chi connectivity index (χ1) is 13.2. The molecule has 0 fully saturated rings. The van der Waals surface area contributed by atoms with Crippen molar-refractivity contribution in [2.24, 2.45) is 0 Å². The van der Waals surface area contributed by atoms with Crippen molar-refractivity contribution in [3.8, 4) is 5.75 Å². The van der Waals surface area contributed by atoms with E-state index in [0.29, 0.717) is 5.69 Å². The molecule has 0 bridgehead atoms. The normalized spacial score (nSPS) is 11.2. The number of halogens is 3. The zero-order valence-corrected chi connectivity index (χ0v) is 15.0. The van der Waals surface area contributed by atoms with Crippen LogP contribution in [-0.2, 0) is 20.4 Å². The molecule has 0 aliphatic rings. The number of rotatable bonds is 8. The first-order valence-corrected chi connectivity index (χ1v) is 7.94. The summed E-state index contributed by atoms with van der Waals surface area (Å²) >= 11 is 0. The molecule has 152 valence electrons. The summed E-state index contributed by atoms with van der Waals surface area (Å²) < 4.78 is 58.3. The number of carbonyl (C=O) groups excluding carboxylic acids is 2. The maximum atomic E-state index is 12.9. The lowest BCUT2D eigenvalue weighted by atomic mass is 10.1. The maximum absolute atomic E-state index is 12.9. The molecule has 28 heavy (non-hydrogen) atoms. The van der Waals surface area contributed by atoms with Crippen molar-refractivity contribution in [2.45, 2.75) is 13.1 Å². The van der Waals surface area contributed by atoms with Gasteiger partial charge < -0.3 is 24.1 Å². The Morgan fingerprint density at radius 1 is 1.21 bits per heavy atom. The molecule has 0 aliphatic heterocycles. The fourth-order valence-corrected chi connectivity index (χ4v) is 2.01. The molecule has 1 heterocycles. The van der Waals surface area contributed by atoms with Crippen LogP contribution in [0.4, 0.5) is 18.9 Å². The fraction of sp³-hybridized carbons (Fsp3) is 0.353. The standard InChI is InChI=1S/C17H17F3N2O6/c1-10-7-14(28-22-10)16(24)27-9-15(23)21-12-8-11(17(18,19)20)3-4-13(12)26-6-5-25-2/h3-4,7-8H,5-6,9H2,1-2H3,(H,21,23). The number of benzene rings is 1. The molecular weight excluding hydrogens is 385 g/mol. The predicted octanol–water partition coefficient (Wildman–Crippen LogP) is 2.82. The SMILES string of the molecule is COCCOc1ccc(C(F)(F)F)cc1NC(=O)COC(=O)c1cc(C)no1. The number of alkyl halides is 3. The van der Waals surface area contributed by atoms with Gasteiger partial charge in [0.15, 0.2) is 6.61 Å². The summed E-state index contributed by atoms with van der Waals surface area (Å²) in [5, 5.41) is 5.74. The summed E-state index contributed by atoms with van der Waals surface area (Å²) in [4.78, 5) is 23.7. The van der Waals surface area contributed by atoms with Crippen LogP contribution >= 0.6 is 0 Å². The van der Waals surface area contributed by atoms with Gasteiger partial charge >= 0.3 is 12.1 Å². The lowest BCUT2D eigenvalue weighted by molar-refractivity contribution is -0.137. The van der Waals surface area contributed by atoms with E-state index in [-0.39, 0.29) is 30.4 Å². The van der Waals surface area contributed by atoms with E-state index in [1.807, 2.05) is 0 Å². The van der Waals surface area contributed by atoms with Crippen molar-refractivity contribution < 1.29 is 41.5 Å². The van der Waals surface area contributed by atoms with Crippen molar-refractivity contribution in [2.75, 3.05) is 32.2 Å². The van der Waals surface area contributed by atoms with Crippen LogP contribution < -0.4 is 10.1 Å². The van der Waals surface area contributed by atoms with E-state index in [9.17, 15) is 22.8 Å². The Morgan fingerprint density at radius 3 is 2.57 bits per heavy atom. The van der Waals surface area contributed by atoms with Gasteiger partial charge in [-0.3, -0.25) is 4.79 Å². The first kappa shape index (κ1) is 21.2. The second-order valence-electron chi connectivity index (χ2n) is 5.51. The van der Waals surface area contributed by atoms with Gasteiger partial charge in [0.2, 0.25) is 5.76 Å². The molecule has 2 rings (SSSR count). The molecule has 0 unspecified atom stereocenters. The zero-order chi connectivity index (χ0) is 20.7. The molecule has 1 amide bonds. The highest BCUT2D eigenvalue weighted by Crippen LogP contribution is 2.35. The molecule has 0 radical (unpaired) electrons. The van der Waals surface area contributed by atoms with Crippen LogP contribution in [-0.4, -0.2) is 44.0 Å². The van der Waals surface area contributed by atoms with Crippen LogP contribution in [0.25, 0.3) is 0 Å². The van der Waals surface area contributed by atoms with Crippen LogP contribution in [0, 0.1) is 6.92 Å². The van der Waals surface area contributed by atoms with Gasteiger partial charge in [-0.1, -0.05) is 5.16 Å². The largest absolute Gasteiger partial charge is 0.489 e. The average Bonchev–Trinajstić information content (AvgIpc) is 3.06. The summed E-state index contributed by atoms with van der Waals surface area (Å²) in [6.45, 7) is 1.10. The summed E-state index contributed by atoms with van der Waals surface area (Å²) in [6.07, 6.45) is -4.61. The number of hydrogen-bond donors (Lipinski definition) is 1. The molecule has 0 spiro atoms. The molecule has 0 aliphatic carbocycles. The van der Waals surface area contributed by atoms with Gasteiger partial charge in [0.1, 0.15) is 12.4 Å². The van der Waals surface area contributed by atoms with Crippen molar-refractivity contribution in [3.05, 3.63) is 41.3 Å². The molecule has 0 atom stereocenters. The molecule has 1 N–H and O–H groups in total. The third-order valence-corrected chi connectivity index (χ3v) is 3.29. The van der Waals surface area contributed by atoms with Gasteiger partial charge in [0.25, 0.3) is 5.91 Å². The second kappa shape index (κ2) is 9.22. The van der Waals surface area contributed by atoms with E-state index in [2.05, 4.69) is 10.5 Å². The molecule has 0 saturated carbocycles. The topological polar surface area (TPSA) is 99.9 Å². The molecular formula is C17H17F3N2O6. The van der Waals surface area contributed by atoms with Crippen molar-refractivity contribution in [1.82, 2.24) is 5.16 Å².